The van der Waals surface area contributed by atoms with E-state index in [-0.39, 0.29) is 10.7 Å². The highest BCUT2D eigenvalue weighted by atomic mass is 35.5. The van der Waals surface area contributed by atoms with Crippen molar-refractivity contribution in [3.05, 3.63) is 82.9 Å². The summed E-state index contributed by atoms with van der Waals surface area (Å²) in [6.07, 6.45) is 2.41. The number of ether oxygens (including phenoxy) is 3. The number of anilines is 1. The molecule has 11 heteroatoms. The Hall–Kier alpha value is -3.76. The molecule has 0 bridgehead atoms. The molecule has 190 valence electrons. The number of benzene rings is 3. The molecule has 3 rings (SSSR count). The Morgan fingerprint density at radius 3 is 2.33 bits per heavy atom. The molecule has 0 atom stereocenters. The molecule has 0 unspecified atom stereocenters. The minimum atomic E-state index is -3.78. The standard InChI is InChI=1S/C25H26ClN3O6S/c1-33-22-12-10-20(14-21(22)26)29(36(3,31)32)16-25(30)28-27-15-19-9-11-23(24(13-19)34-2)35-17-18-7-5-4-6-8-18/h4-15H,16-17H2,1-3H3,(H,28,30)/b27-15-. The molecule has 9 nitrogen and oxygen atoms in total. The molecular formula is C25H26ClN3O6S. The normalized spacial score (nSPS) is 11.2. The van der Waals surface area contributed by atoms with Crippen LogP contribution in [0.15, 0.2) is 71.8 Å². The summed E-state index contributed by atoms with van der Waals surface area (Å²) in [5, 5.41) is 4.14. The largest absolute Gasteiger partial charge is 0.495 e. The summed E-state index contributed by atoms with van der Waals surface area (Å²) in [4.78, 5) is 12.4. The summed E-state index contributed by atoms with van der Waals surface area (Å²) >= 11 is 6.11. The molecule has 0 saturated heterocycles. The van der Waals surface area contributed by atoms with Gasteiger partial charge in [0.2, 0.25) is 10.0 Å². The smallest absolute Gasteiger partial charge is 0.260 e. The van der Waals surface area contributed by atoms with Crippen LogP contribution in [0.25, 0.3) is 0 Å². The number of hydrogen-bond acceptors (Lipinski definition) is 7. The van der Waals surface area contributed by atoms with Crippen molar-refractivity contribution in [2.75, 3.05) is 31.3 Å². The third kappa shape index (κ3) is 7.37. The quantitative estimate of drug-likeness (QED) is 0.297. The van der Waals surface area contributed by atoms with Gasteiger partial charge in [-0.25, -0.2) is 13.8 Å². The molecule has 1 N–H and O–H groups in total. The first-order chi connectivity index (χ1) is 17.2. The second kappa shape index (κ2) is 12.3. The summed E-state index contributed by atoms with van der Waals surface area (Å²) < 4.78 is 41.8. The monoisotopic (exact) mass is 531 g/mol. The Morgan fingerprint density at radius 1 is 1.00 bits per heavy atom. The summed E-state index contributed by atoms with van der Waals surface area (Å²) in [6, 6.07) is 19.4. The average Bonchev–Trinajstić information content (AvgIpc) is 2.86. The van der Waals surface area contributed by atoms with Crippen molar-refractivity contribution < 1.29 is 27.4 Å². The first-order valence-electron chi connectivity index (χ1n) is 10.7. The molecule has 0 spiro atoms. The van der Waals surface area contributed by atoms with E-state index in [2.05, 4.69) is 10.5 Å². The van der Waals surface area contributed by atoms with E-state index >= 15 is 0 Å². The Bertz CT molecular complexity index is 1330. The summed E-state index contributed by atoms with van der Waals surface area (Å²) in [6.45, 7) is -0.106. The van der Waals surface area contributed by atoms with Gasteiger partial charge in [-0.05, 0) is 47.5 Å². The van der Waals surface area contributed by atoms with Crippen molar-refractivity contribution in [2.24, 2.45) is 5.10 Å². The third-order valence-electron chi connectivity index (χ3n) is 4.94. The minimum Gasteiger partial charge on any atom is -0.495 e. The van der Waals surface area contributed by atoms with Crippen molar-refractivity contribution in [1.82, 2.24) is 5.43 Å². The van der Waals surface area contributed by atoms with Crippen LogP contribution in [0.5, 0.6) is 17.2 Å². The molecule has 0 radical (unpaired) electrons. The van der Waals surface area contributed by atoms with Gasteiger partial charge in [0.1, 0.15) is 18.9 Å². The van der Waals surface area contributed by atoms with Crippen LogP contribution in [0, 0.1) is 0 Å². The van der Waals surface area contributed by atoms with E-state index < -0.39 is 22.5 Å². The van der Waals surface area contributed by atoms with Crippen molar-refractivity contribution in [1.29, 1.82) is 0 Å². The molecule has 0 aliphatic carbocycles. The molecular weight excluding hydrogens is 506 g/mol. The van der Waals surface area contributed by atoms with Crippen LogP contribution >= 0.6 is 11.6 Å². The highest BCUT2D eigenvalue weighted by Gasteiger charge is 2.21. The van der Waals surface area contributed by atoms with E-state index in [1.165, 1.54) is 38.6 Å². The van der Waals surface area contributed by atoms with Gasteiger partial charge >= 0.3 is 0 Å². The van der Waals surface area contributed by atoms with Gasteiger partial charge in [0, 0.05) is 0 Å². The fourth-order valence-corrected chi connectivity index (χ4v) is 4.27. The third-order valence-corrected chi connectivity index (χ3v) is 6.37. The van der Waals surface area contributed by atoms with E-state index in [1.54, 1.807) is 18.2 Å². The minimum absolute atomic E-state index is 0.215. The fraction of sp³-hybridized carbons (Fsp3) is 0.200. The van der Waals surface area contributed by atoms with E-state index in [0.29, 0.717) is 29.4 Å². The number of nitrogens with zero attached hydrogens (tertiary/aromatic N) is 2. The Balaban J connectivity index is 1.64. The Morgan fingerprint density at radius 2 is 1.69 bits per heavy atom. The first kappa shape index (κ1) is 26.8. The van der Waals surface area contributed by atoms with Crippen LogP contribution in [0.1, 0.15) is 11.1 Å². The highest BCUT2D eigenvalue weighted by molar-refractivity contribution is 7.92. The van der Waals surface area contributed by atoms with Crippen LogP contribution in [-0.4, -0.2) is 47.6 Å². The fourth-order valence-electron chi connectivity index (χ4n) is 3.17. The van der Waals surface area contributed by atoms with Crippen LogP contribution in [0.2, 0.25) is 5.02 Å². The molecule has 1 amide bonds. The molecule has 3 aromatic rings. The number of hydrogen-bond donors (Lipinski definition) is 1. The number of carbonyl (C=O) groups is 1. The van der Waals surface area contributed by atoms with Gasteiger partial charge in [0.15, 0.2) is 11.5 Å². The van der Waals surface area contributed by atoms with Crippen molar-refractivity contribution in [2.45, 2.75) is 6.61 Å². The van der Waals surface area contributed by atoms with Crippen LogP contribution in [-0.2, 0) is 21.4 Å². The van der Waals surface area contributed by atoms with E-state index in [9.17, 15) is 13.2 Å². The maximum absolute atomic E-state index is 12.4. The van der Waals surface area contributed by atoms with E-state index in [1.807, 2.05) is 30.3 Å². The lowest BCUT2D eigenvalue weighted by Crippen LogP contribution is -2.39. The molecule has 0 saturated carbocycles. The number of sulfonamides is 1. The molecule has 36 heavy (non-hydrogen) atoms. The number of hydrazone groups is 1. The molecule has 0 heterocycles. The predicted molar refractivity (Wildman–Crippen MR) is 140 cm³/mol. The topological polar surface area (TPSA) is 107 Å². The number of rotatable bonds is 11. The lowest BCUT2D eigenvalue weighted by molar-refractivity contribution is -0.119. The van der Waals surface area contributed by atoms with E-state index in [4.69, 9.17) is 25.8 Å². The Labute approximate surface area is 215 Å². The maximum Gasteiger partial charge on any atom is 0.260 e. The lowest BCUT2D eigenvalue weighted by atomic mass is 10.2. The zero-order chi connectivity index (χ0) is 26.1. The number of methoxy groups -OCH3 is 2. The number of halogens is 1. The molecule has 0 fully saturated rings. The summed E-state index contributed by atoms with van der Waals surface area (Å²) in [7, 11) is -0.803. The van der Waals surface area contributed by atoms with Gasteiger partial charge in [-0.3, -0.25) is 9.10 Å². The number of nitrogens with one attached hydrogen (secondary N) is 1. The van der Waals surface area contributed by atoms with Gasteiger partial charge in [0.05, 0.1) is 37.4 Å². The van der Waals surface area contributed by atoms with Crippen molar-refractivity contribution in [3.63, 3.8) is 0 Å². The summed E-state index contributed by atoms with van der Waals surface area (Å²) in [5.41, 5.74) is 4.22. The second-order valence-electron chi connectivity index (χ2n) is 7.57. The average molecular weight is 532 g/mol. The Kier molecular flexibility index (Phi) is 9.15. The molecule has 0 aliphatic heterocycles. The van der Waals surface area contributed by atoms with Gasteiger partial charge in [-0.15, -0.1) is 0 Å². The van der Waals surface area contributed by atoms with Crippen molar-refractivity contribution in [3.8, 4) is 17.2 Å². The van der Waals surface area contributed by atoms with Crippen LogP contribution < -0.4 is 23.9 Å². The molecule has 3 aromatic carbocycles. The zero-order valence-corrected chi connectivity index (χ0v) is 21.5. The number of carbonyl (C=O) groups excluding carboxylic acids is 1. The summed E-state index contributed by atoms with van der Waals surface area (Å²) in [5.74, 6) is 0.804. The van der Waals surface area contributed by atoms with Gasteiger partial charge < -0.3 is 14.2 Å². The van der Waals surface area contributed by atoms with E-state index in [0.717, 1.165) is 16.1 Å². The van der Waals surface area contributed by atoms with Gasteiger partial charge in [0.25, 0.3) is 5.91 Å². The number of amides is 1. The maximum atomic E-state index is 12.4. The predicted octanol–water partition coefficient (Wildman–Crippen LogP) is 3.85. The van der Waals surface area contributed by atoms with Gasteiger partial charge in [-0.1, -0.05) is 41.9 Å². The first-order valence-corrected chi connectivity index (χ1v) is 12.9. The van der Waals surface area contributed by atoms with Crippen LogP contribution in [0.4, 0.5) is 5.69 Å². The van der Waals surface area contributed by atoms with Gasteiger partial charge in [-0.2, -0.15) is 5.10 Å². The zero-order valence-electron chi connectivity index (χ0n) is 20.0. The molecule has 0 aliphatic rings. The highest BCUT2D eigenvalue weighted by Crippen LogP contribution is 2.30. The lowest BCUT2D eigenvalue weighted by Gasteiger charge is -2.22. The SMILES string of the molecule is COc1ccc(N(CC(=O)N/N=C\c2ccc(OCc3ccccc3)c(OC)c2)S(C)(=O)=O)cc1Cl. The molecule has 0 aromatic heterocycles. The second-order valence-corrected chi connectivity index (χ2v) is 9.88. The van der Waals surface area contributed by atoms with Crippen molar-refractivity contribution >= 4 is 39.4 Å². The van der Waals surface area contributed by atoms with Crippen LogP contribution in [0.3, 0.4) is 0 Å².